The second-order valence-corrected chi connectivity index (χ2v) is 9.71. The van der Waals surface area contributed by atoms with Gasteiger partial charge in [-0.1, -0.05) is 29.8 Å². The van der Waals surface area contributed by atoms with E-state index in [2.05, 4.69) is 10.3 Å². The van der Waals surface area contributed by atoms with Gasteiger partial charge in [0.05, 0.1) is 22.9 Å². The fraction of sp³-hybridized carbons (Fsp3) is 0.286. The van der Waals surface area contributed by atoms with Crippen molar-refractivity contribution in [3.05, 3.63) is 69.9 Å². The molecule has 2 amide bonds. The fourth-order valence-electron chi connectivity index (χ4n) is 3.39. The number of amides is 2. The smallest absolute Gasteiger partial charge is 0.273 e. The summed E-state index contributed by atoms with van der Waals surface area (Å²) < 4.78 is 51.0. The van der Waals surface area contributed by atoms with Crippen LogP contribution in [0.3, 0.4) is 0 Å². The van der Waals surface area contributed by atoms with Crippen molar-refractivity contribution in [2.24, 2.45) is 0 Å². The zero-order chi connectivity index (χ0) is 23.6. The van der Waals surface area contributed by atoms with Gasteiger partial charge in [-0.15, -0.1) is 0 Å². The zero-order valence-corrected chi connectivity index (χ0v) is 18.8. The van der Waals surface area contributed by atoms with Gasteiger partial charge in [0.2, 0.25) is 5.91 Å². The van der Waals surface area contributed by atoms with Gasteiger partial charge in [0.1, 0.15) is 5.82 Å². The Balaban J connectivity index is 1.84. The molecule has 1 fully saturated rings. The molecule has 1 aromatic heterocycles. The third-order valence-electron chi connectivity index (χ3n) is 4.85. The minimum atomic E-state index is -3.37. The molecule has 0 spiro atoms. The second-order valence-electron chi connectivity index (χ2n) is 7.41. The van der Waals surface area contributed by atoms with Gasteiger partial charge >= 0.3 is 0 Å². The lowest BCUT2D eigenvalue weighted by molar-refractivity contribution is -0.117. The highest BCUT2D eigenvalue weighted by atomic mass is 35.5. The molecule has 170 valence electrons. The summed E-state index contributed by atoms with van der Waals surface area (Å²) in [6.45, 7) is 1.52. The Morgan fingerprint density at radius 3 is 2.72 bits per heavy atom. The highest BCUT2D eigenvalue weighted by Crippen LogP contribution is 2.40. The molecule has 0 saturated carbocycles. The highest BCUT2D eigenvalue weighted by molar-refractivity contribution is 7.93. The summed E-state index contributed by atoms with van der Waals surface area (Å²) in [5, 5.41) is 3.24. The molecule has 0 aliphatic carbocycles. The molecule has 11 heteroatoms. The Morgan fingerprint density at radius 2 is 2.06 bits per heavy atom. The number of carbonyl (C=O) groups is 2. The lowest BCUT2D eigenvalue weighted by Crippen LogP contribution is -2.33. The Morgan fingerprint density at radius 1 is 1.34 bits per heavy atom. The molecule has 2 atom stereocenters. The monoisotopic (exact) mass is 483 g/mol. The number of halogens is 3. The van der Waals surface area contributed by atoms with Gasteiger partial charge in [0.25, 0.3) is 5.91 Å². The topological polar surface area (TPSA) is 96.4 Å². The maximum absolute atomic E-state index is 14.7. The number of benzene rings is 1. The Bertz CT molecular complexity index is 1200. The number of nitrogens with one attached hydrogen (secondary N) is 1. The number of hydrogen-bond donors (Lipinski definition) is 1. The predicted molar refractivity (Wildman–Crippen MR) is 116 cm³/mol. The van der Waals surface area contributed by atoms with E-state index >= 15 is 0 Å². The van der Waals surface area contributed by atoms with E-state index in [1.807, 2.05) is 0 Å². The van der Waals surface area contributed by atoms with Crippen LogP contribution in [0.4, 0.5) is 14.5 Å². The van der Waals surface area contributed by atoms with Crippen LogP contribution >= 0.6 is 11.6 Å². The van der Waals surface area contributed by atoms with Gasteiger partial charge < -0.3 is 10.2 Å². The minimum absolute atomic E-state index is 0.108. The maximum atomic E-state index is 14.7. The molecule has 3 rings (SSSR count). The number of anilines is 1. The van der Waals surface area contributed by atoms with E-state index in [0.29, 0.717) is 12.0 Å². The van der Waals surface area contributed by atoms with E-state index < -0.39 is 45.2 Å². The third-order valence-corrected chi connectivity index (χ3v) is 5.90. The van der Waals surface area contributed by atoms with E-state index in [1.165, 1.54) is 36.2 Å². The van der Waals surface area contributed by atoms with Crippen LogP contribution in [0.1, 0.15) is 41.9 Å². The van der Waals surface area contributed by atoms with E-state index in [1.54, 1.807) is 6.07 Å². The number of pyridine rings is 1. The summed E-state index contributed by atoms with van der Waals surface area (Å²) in [5.74, 6) is -2.76. The summed E-state index contributed by atoms with van der Waals surface area (Å²) in [4.78, 5) is 30.0. The number of nitrogens with zero attached hydrogens (tertiary/aromatic N) is 2. The summed E-state index contributed by atoms with van der Waals surface area (Å²) in [6, 6.07) is 3.98. The third kappa shape index (κ3) is 5.31. The molecule has 0 unspecified atom stereocenters. The molecule has 7 nitrogen and oxygen atoms in total. The largest absolute Gasteiger partial charge is 0.345 e. The van der Waals surface area contributed by atoms with Crippen LogP contribution in [0, 0.1) is 11.6 Å². The predicted octanol–water partition coefficient (Wildman–Crippen LogP) is 3.56. The minimum Gasteiger partial charge on any atom is -0.345 e. The Labute approximate surface area is 189 Å². The van der Waals surface area contributed by atoms with Crippen molar-refractivity contribution in [1.29, 1.82) is 0 Å². The normalized spacial score (nSPS) is 17.7. The molecule has 2 heterocycles. The van der Waals surface area contributed by atoms with Gasteiger partial charge in [-0.25, -0.2) is 22.2 Å². The van der Waals surface area contributed by atoms with E-state index in [9.17, 15) is 26.8 Å². The molecule has 0 radical (unpaired) electrons. The summed E-state index contributed by atoms with van der Waals surface area (Å²) in [5.41, 5.74) is -0.0107. The van der Waals surface area contributed by atoms with Gasteiger partial charge in [-0.2, -0.15) is 0 Å². The molecule has 1 aliphatic rings. The quantitative estimate of drug-likeness (QED) is 0.677. The average molecular weight is 484 g/mol. The van der Waals surface area contributed by atoms with Crippen LogP contribution in [-0.4, -0.2) is 37.5 Å². The lowest BCUT2D eigenvalue weighted by atomic mass is 10.0. The lowest BCUT2D eigenvalue weighted by Gasteiger charge is -2.26. The van der Waals surface area contributed by atoms with E-state index in [4.69, 9.17) is 11.6 Å². The van der Waals surface area contributed by atoms with Crippen LogP contribution < -0.4 is 10.2 Å². The van der Waals surface area contributed by atoms with Crippen LogP contribution in [0.5, 0.6) is 0 Å². The van der Waals surface area contributed by atoms with Crippen molar-refractivity contribution in [2.75, 3.05) is 11.2 Å². The molecule has 0 bridgehead atoms. The zero-order valence-electron chi connectivity index (χ0n) is 17.2. The SMILES string of the molecule is C[C@H](/C=C/S(C)(=O)=O)NC(=O)c1ncc(N2C(=O)CC[C@H]2c2cccc(F)c2Cl)cc1F. The number of sulfone groups is 1. The molecular formula is C21H20ClF2N3O4S. The van der Waals surface area contributed by atoms with Gasteiger partial charge in [-0.3, -0.25) is 9.59 Å². The van der Waals surface area contributed by atoms with Crippen LogP contribution in [0.15, 0.2) is 41.9 Å². The fourth-order valence-corrected chi connectivity index (χ4v) is 4.16. The molecule has 1 saturated heterocycles. The number of hydrogen-bond acceptors (Lipinski definition) is 5. The highest BCUT2D eigenvalue weighted by Gasteiger charge is 2.35. The van der Waals surface area contributed by atoms with Crippen molar-refractivity contribution in [1.82, 2.24) is 10.3 Å². The van der Waals surface area contributed by atoms with Gasteiger partial charge in [0, 0.05) is 30.2 Å². The van der Waals surface area contributed by atoms with E-state index in [0.717, 1.165) is 17.7 Å². The number of carbonyl (C=O) groups excluding carboxylic acids is 2. The van der Waals surface area contributed by atoms with Crippen molar-refractivity contribution < 1.29 is 26.8 Å². The van der Waals surface area contributed by atoms with Crippen LogP contribution in [0.25, 0.3) is 0 Å². The molecule has 1 aromatic carbocycles. The number of aromatic nitrogens is 1. The standard InChI is InChI=1S/C21H20ClF2N3O4S/c1-12(8-9-32(2,30)31)26-21(29)20-16(24)10-13(11-25-20)27-17(6-7-18(27)28)14-4-3-5-15(23)19(14)22/h3-5,8-12,17H,6-7H2,1-2H3,(H,26,29)/b9-8+/t12-,17+/m1/s1. The second kappa shape index (κ2) is 9.33. The number of rotatable bonds is 6. The van der Waals surface area contributed by atoms with Crippen LogP contribution in [-0.2, 0) is 14.6 Å². The van der Waals surface area contributed by atoms with E-state index in [-0.39, 0.29) is 23.0 Å². The first kappa shape index (κ1) is 23.8. The first-order valence-corrected chi connectivity index (χ1v) is 11.9. The summed E-state index contributed by atoms with van der Waals surface area (Å²) >= 11 is 6.08. The Kier molecular flexibility index (Phi) is 6.94. The first-order valence-electron chi connectivity index (χ1n) is 9.58. The summed E-state index contributed by atoms with van der Waals surface area (Å²) in [7, 11) is -3.37. The van der Waals surface area contributed by atoms with Crippen molar-refractivity contribution in [3.8, 4) is 0 Å². The average Bonchev–Trinajstić information content (AvgIpc) is 3.09. The molecule has 2 aromatic rings. The van der Waals surface area contributed by atoms with Gasteiger partial charge in [0.15, 0.2) is 21.3 Å². The summed E-state index contributed by atoms with van der Waals surface area (Å²) in [6.07, 6.45) is 3.94. The first-order chi connectivity index (χ1) is 15.0. The molecule has 1 aliphatic heterocycles. The van der Waals surface area contributed by atoms with Crippen molar-refractivity contribution in [2.45, 2.75) is 31.8 Å². The van der Waals surface area contributed by atoms with Crippen molar-refractivity contribution in [3.63, 3.8) is 0 Å². The van der Waals surface area contributed by atoms with Crippen molar-refractivity contribution >= 4 is 38.9 Å². The molecular weight excluding hydrogens is 464 g/mol. The maximum Gasteiger partial charge on any atom is 0.273 e. The molecule has 1 N–H and O–H groups in total. The van der Waals surface area contributed by atoms with Crippen LogP contribution in [0.2, 0.25) is 5.02 Å². The Hall–Kier alpha value is -2.85. The molecule has 32 heavy (non-hydrogen) atoms. The van der Waals surface area contributed by atoms with Gasteiger partial charge in [-0.05, 0) is 25.0 Å².